The summed E-state index contributed by atoms with van der Waals surface area (Å²) in [7, 11) is -3.59. The van der Waals surface area contributed by atoms with Crippen molar-refractivity contribution >= 4 is 38.8 Å². The van der Waals surface area contributed by atoms with Crippen LogP contribution in [0, 0.1) is 6.92 Å². The number of nitrogens with one attached hydrogen (secondary N) is 1. The van der Waals surface area contributed by atoms with E-state index in [0.29, 0.717) is 10.6 Å². The van der Waals surface area contributed by atoms with E-state index in [0.717, 1.165) is 21.8 Å². The molecular formula is C13H15NO3S3. The van der Waals surface area contributed by atoms with Gasteiger partial charge in [-0.2, -0.15) is 0 Å². The molecule has 7 heteroatoms. The predicted molar refractivity (Wildman–Crippen MR) is 84.0 cm³/mol. The van der Waals surface area contributed by atoms with Crippen LogP contribution in [0.1, 0.15) is 10.4 Å². The van der Waals surface area contributed by atoms with Crippen LogP contribution >= 0.6 is 23.1 Å². The average molecular weight is 329 g/mol. The first-order valence-electron chi connectivity index (χ1n) is 5.83. The summed E-state index contributed by atoms with van der Waals surface area (Å²) < 4.78 is 27.3. The molecule has 108 valence electrons. The van der Waals surface area contributed by atoms with Crippen LogP contribution in [0.15, 0.2) is 39.4 Å². The number of aryl methyl sites for hydroxylation is 1. The molecule has 1 aromatic heterocycles. The first-order valence-corrected chi connectivity index (χ1v) is 9.36. The van der Waals surface area contributed by atoms with Crippen LogP contribution in [0.5, 0.6) is 0 Å². The maximum Gasteiger partial charge on any atom is 0.271 e. The summed E-state index contributed by atoms with van der Waals surface area (Å²) in [5.41, 5.74) is 1.31. The summed E-state index contributed by atoms with van der Waals surface area (Å²) in [5, 5.41) is 9.14. The minimum atomic E-state index is -3.59. The van der Waals surface area contributed by atoms with Crippen molar-refractivity contribution in [2.45, 2.75) is 22.6 Å². The van der Waals surface area contributed by atoms with Gasteiger partial charge in [-0.1, -0.05) is 0 Å². The van der Waals surface area contributed by atoms with Gasteiger partial charge in [-0.25, -0.2) is 8.42 Å². The lowest BCUT2D eigenvalue weighted by molar-refractivity contribution is 0.285. The number of sulfonamides is 1. The first kappa shape index (κ1) is 15.4. The molecule has 1 heterocycles. The molecule has 0 aliphatic rings. The predicted octanol–water partition coefficient (Wildman–Crippen LogP) is 3.07. The maximum absolute atomic E-state index is 12.2. The summed E-state index contributed by atoms with van der Waals surface area (Å²) in [6.07, 6.45) is 1.96. The molecule has 0 spiro atoms. The Morgan fingerprint density at radius 2 is 1.95 bits per heavy atom. The fourth-order valence-corrected chi connectivity index (χ4v) is 4.56. The number of thioether (sulfide) groups is 1. The summed E-state index contributed by atoms with van der Waals surface area (Å²) in [6, 6.07) is 8.77. The molecule has 2 N–H and O–H groups in total. The lowest BCUT2D eigenvalue weighted by Crippen LogP contribution is -2.11. The number of hydrogen-bond donors (Lipinski definition) is 2. The number of thiophene rings is 1. The smallest absolute Gasteiger partial charge is 0.271 e. The van der Waals surface area contributed by atoms with E-state index in [1.807, 2.05) is 18.4 Å². The van der Waals surface area contributed by atoms with Crippen molar-refractivity contribution in [3.63, 3.8) is 0 Å². The van der Waals surface area contributed by atoms with E-state index >= 15 is 0 Å². The Morgan fingerprint density at radius 3 is 2.45 bits per heavy atom. The van der Waals surface area contributed by atoms with Crippen LogP contribution in [-0.4, -0.2) is 19.8 Å². The van der Waals surface area contributed by atoms with Crippen molar-refractivity contribution in [3.05, 3.63) is 40.8 Å². The average Bonchev–Trinajstić information content (AvgIpc) is 2.81. The third-order valence-corrected chi connectivity index (χ3v) is 6.57. The zero-order chi connectivity index (χ0) is 14.8. The van der Waals surface area contributed by atoms with Gasteiger partial charge in [0.25, 0.3) is 10.0 Å². The third-order valence-electron chi connectivity index (χ3n) is 2.75. The van der Waals surface area contributed by atoms with Gasteiger partial charge in [0.05, 0.1) is 6.61 Å². The van der Waals surface area contributed by atoms with Gasteiger partial charge < -0.3 is 5.11 Å². The molecule has 2 aromatic rings. The van der Waals surface area contributed by atoms with E-state index in [2.05, 4.69) is 4.72 Å². The topological polar surface area (TPSA) is 66.4 Å². The number of rotatable bonds is 5. The molecule has 0 unspecified atom stereocenters. The van der Waals surface area contributed by atoms with Gasteiger partial charge in [-0.15, -0.1) is 23.1 Å². The zero-order valence-electron chi connectivity index (χ0n) is 11.1. The van der Waals surface area contributed by atoms with Crippen molar-refractivity contribution in [3.8, 4) is 0 Å². The highest BCUT2D eigenvalue weighted by Crippen LogP contribution is 2.28. The second-order valence-corrected chi connectivity index (χ2v) is 8.09. The first-order chi connectivity index (χ1) is 9.46. The summed E-state index contributed by atoms with van der Waals surface area (Å²) in [6.45, 7) is 1.64. The van der Waals surface area contributed by atoms with E-state index in [-0.39, 0.29) is 10.8 Å². The van der Waals surface area contributed by atoms with Gasteiger partial charge in [0.2, 0.25) is 0 Å². The van der Waals surface area contributed by atoms with E-state index in [9.17, 15) is 8.42 Å². The van der Waals surface area contributed by atoms with Crippen molar-refractivity contribution in [1.29, 1.82) is 0 Å². The number of hydrogen-bond acceptors (Lipinski definition) is 5. The highest BCUT2D eigenvalue weighted by atomic mass is 32.2. The number of aliphatic hydroxyl groups is 1. The molecule has 20 heavy (non-hydrogen) atoms. The Bertz CT molecular complexity index is 690. The fourth-order valence-electron chi connectivity index (χ4n) is 1.64. The third kappa shape index (κ3) is 3.35. The van der Waals surface area contributed by atoms with Crippen molar-refractivity contribution in [2.75, 3.05) is 11.0 Å². The highest BCUT2D eigenvalue weighted by molar-refractivity contribution is 7.98. The number of benzene rings is 1. The van der Waals surface area contributed by atoms with E-state index in [1.54, 1.807) is 36.9 Å². The Balaban J connectivity index is 2.25. The van der Waals surface area contributed by atoms with Gasteiger partial charge in [0.1, 0.15) is 4.21 Å². The molecule has 0 saturated carbocycles. The Morgan fingerprint density at radius 1 is 1.30 bits per heavy atom. The minimum absolute atomic E-state index is 0.144. The number of aliphatic hydroxyl groups excluding tert-OH is 1. The molecule has 0 aliphatic carbocycles. The molecule has 1 aromatic carbocycles. The lowest BCUT2D eigenvalue weighted by Gasteiger charge is -2.06. The largest absolute Gasteiger partial charge is 0.391 e. The molecule has 0 fully saturated rings. The lowest BCUT2D eigenvalue weighted by atomic mass is 10.3. The standard InChI is InChI=1S/C13H15NO3S3/c1-9-7-13(19-12(9)8-15)20(16,17)14-10-3-5-11(18-2)6-4-10/h3-7,14-15H,8H2,1-2H3. The van der Waals surface area contributed by atoms with E-state index in [4.69, 9.17) is 5.11 Å². The number of anilines is 1. The molecule has 0 saturated heterocycles. The summed E-state index contributed by atoms with van der Waals surface area (Å²) >= 11 is 2.69. The SMILES string of the molecule is CSc1ccc(NS(=O)(=O)c2cc(C)c(CO)s2)cc1. The summed E-state index contributed by atoms with van der Waals surface area (Å²) in [5.74, 6) is 0. The van der Waals surface area contributed by atoms with Crippen molar-refractivity contribution < 1.29 is 13.5 Å². The van der Waals surface area contributed by atoms with Crippen LogP contribution in [0.3, 0.4) is 0 Å². The van der Waals surface area contributed by atoms with Gasteiger partial charge in [-0.05, 0) is 49.1 Å². The van der Waals surface area contributed by atoms with Crippen LogP contribution in [0.25, 0.3) is 0 Å². The second-order valence-electron chi connectivity index (χ2n) is 4.16. The molecule has 0 bridgehead atoms. The van der Waals surface area contributed by atoms with Gasteiger partial charge >= 0.3 is 0 Å². The van der Waals surface area contributed by atoms with Gasteiger partial charge in [0, 0.05) is 15.5 Å². The molecule has 0 radical (unpaired) electrons. The van der Waals surface area contributed by atoms with E-state index < -0.39 is 10.0 Å². The summed E-state index contributed by atoms with van der Waals surface area (Å²) in [4.78, 5) is 1.74. The Hall–Kier alpha value is -1.02. The van der Waals surface area contributed by atoms with Crippen molar-refractivity contribution in [1.82, 2.24) is 0 Å². The zero-order valence-corrected chi connectivity index (χ0v) is 13.5. The maximum atomic E-state index is 12.2. The van der Waals surface area contributed by atoms with Crippen molar-refractivity contribution in [2.24, 2.45) is 0 Å². The Labute approximate surface area is 126 Å². The minimum Gasteiger partial charge on any atom is -0.391 e. The van der Waals surface area contributed by atoms with Crippen LogP contribution in [-0.2, 0) is 16.6 Å². The quantitative estimate of drug-likeness (QED) is 0.827. The molecule has 0 amide bonds. The molecular weight excluding hydrogens is 314 g/mol. The van der Waals surface area contributed by atoms with Crippen LogP contribution in [0.4, 0.5) is 5.69 Å². The molecule has 4 nitrogen and oxygen atoms in total. The highest BCUT2D eigenvalue weighted by Gasteiger charge is 2.18. The van der Waals surface area contributed by atoms with Gasteiger partial charge in [-0.3, -0.25) is 4.72 Å². The van der Waals surface area contributed by atoms with Crippen LogP contribution in [0.2, 0.25) is 0 Å². The van der Waals surface area contributed by atoms with E-state index in [1.165, 1.54) is 0 Å². The normalized spacial score (nSPS) is 11.6. The van der Waals surface area contributed by atoms with Crippen LogP contribution < -0.4 is 4.72 Å². The van der Waals surface area contributed by atoms with Gasteiger partial charge in [0.15, 0.2) is 0 Å². The molecule has 2 rings (SSSR count). The monoisotopic (exact) mass is 329 g/mol. The Kier molecular flexibility index (Phi) is 4.74. The fraction of sp³-hybridized carbons (Fsp3) is 0.231. The molecule has 0 aliphatic heterocycles. The second kappa shape index (κ2) is 6.17. The molecule has 0 atom stereocenters.